The van der Waals surface area contributed by atoms with Crippen LogP contribution in [0.1, 0.15) is 70.6 Å². The first-order valence-electron chi connectivity index (χ1n) is 12.8. The van der Waals surface area contributed by atoms with E-state index in [9.17, 15) is 14.4 Å². The van der Waals surface area contributed by atoms with E-state index in [4.69, 9.17) is 18.9 Å². The van der Waals surface area contributed by atoms with Crippen LogP contribution in [0.5, 0.6) is 11.5 Å². The Morgan fingerprint density at radius 3 is 2.61 bits per heavy atom. The van der Waals surface area contributed by atoms with Crippen molar-refractivity contribution in [3.63, 3.8) is 0 Å². The van der Waals surface area contributed by atoms with Gasteiger partial charge < -0.3 is 18.9 Å². The standard InChI is InChI=1S/C29H32O7/c1-15(30)33-20-7-8-22-28-13-18(28)10-11-29(22)24-19(14-28)17(6-9-23(32)36-27(3,4)5)12-21(34-16(2)31)25(24)35-26(20)29/h6-9,12,18,20,22,26H,10-11,13-14H2,1-5H3/b9-6+/t18?,20-,22?,26-,28?,29-/m0/s1. The van der Waals surface area contributed by atoms with Gasteiger partial charge in [-0.1, -0.05) is 6.08 Å². The molecule has 0 radical (unpaired) electrons. The van der Waals surface area contributed by atoms with Crippen LogP contribution in [0.2, 0.25) is 0 Å². The van der Waals surface area contributed by atoms with E-state index in [2.05, 4.69) is 6.08 Å². The predicted octanol–water partition coefficient (Wildman–Crippen LogP) is 4.44. The second kappa shape index (κ2) is 7.46. The first kappa shape index (κ1) is 23.3. The molecule has 2 bridgehead atoms. The van der Waals surface area contributed by atoms with E-state index in [1.165, 1.54) is 19.9 Å². The van der Waals surface area contributed by atoms with Gasteiger partial charge in [-0.2, -0.15) is 0 Å². The second-order valence-electron chi connectivity index (χ2n) is 12.0. The SMILES string of the molecule is CC(=O)Oc1cc(/C=C/C(=O)OC(C)(C)C)c2c3c1O[C@H]1[C@@H](OC(C)=O)C=CC4C5(C2)CC5CC[C@@]341. The summed E-state index contributed by atoms with van der Waals surface area (Å²) in [5.41, 5.74) is 2.21. The minimum Gasteiger partial charge on any atom is -0.481 e. The fourth-order valence-electron chi connectivity index (χ4n) is 7.59. The summed E-state index contributed by atoms with van der Waals surface area (Å²) in [6.07, 6.45) is 10.6. The molecule has 6 atom stereocenters. The second-order valence-corrected chi connectivity index (χ2v) is 12.0. The van der Waals surface area contributed by atoms with Gasteiger partial charge in [0.05, 0.1) is 0 Å². The van der Waals surface area contributed by atoms with Crippen molar-refractivity contribution in [3.8, 4) is 11.5 Å². The third-order valence-electron chi connectivity index (χ3n) is 8.62. The summed E-state index contributed by atoms with van der Waals surface area (Å²) in [4.78, 5) is 36.5. The smallest absolute Gasteiger partial charge is 0.331 e. The Kier molecular flexibility index (Phi) is 4.83. The van der Waals surface area contributed by atoms with Crippen molar-refractivity contribution in [1.29, 1.82) is 0 Å². The Morgan fingerprint density at radius 2 is 1.92 bits per heavy atom. The van der Waals surface area contributed by atoms with Gasteiger partial charge in [-0.05, 0) is 93.1 Å². The highest BCUT2D eigenvalue weighted by Gasteiger charge is 2.75. The van der Waals surface area contributed by atoms with Crippen molar-refractivity contribution in [2.75, 3.05) is 0 Å². The molecule has 36 heavy (non-hydrogen) atoms. The van der Waals surface area contributed by atoms with Crippen LogP contribution in [0.15, 0.2) is 24.3 Å². The van der Waals surface area contributed by atoms with Crippen LogP contribution in [0.3, 0.4) is 0 Å². The van der Waals surface area contributed by atoms with E-state index < -0.39 is 23.6 Å². The van der Waals surface area contributed by atoms with Gasteiger partial charge in [0.1, 0.15) is 11.7 Å². The minimum absolute atomic E-state index is 0.142. The summed E-state index contributed by atoms with van der Waals surface area (Å²) in [5, 5.41) is 0. The molecule has 0 saturated heterocycles. The lowest BCUT2D eigenvalue weighted by Gasteiger charge is -2.54. The van der Waals surface area contributed by atoms with E-state index in [1.54, 1.807) is 12.1 Å². The molecule has 6 rings (SSSR count). The van der Waals surface area contributed by atoms with Crippen LogP contribution in [0.25, 0.3) is 6.08 Å². The molecule has 2 fully saturated rings. The Labute approximate surface area is 210 Å². The first-order chi connectivity index (χ1) is 16.9. The van der Waals surface area contributed by atoms with E-state index in [-0.39, 0.29) is 28.8 Å². The topological polar surface area (TPSA) is 88.1 Å². The fourth-order valence-corrected chi connectivity index (χ4v) is 7.59. The number of hydrogen-bond donors (Lipinski definition) is 0. The van der Waals surface area contributed by atoms with Crippen LogP contribution >= 0.6 is 0 Å². The number of esters is 3. The molecule has 0 aromatic heterocycles. The average Bonchev–Trinajstić information content (AvgIpc) is 3.34. The molecule has 1 aromatic rings. The van der Waals surface area contributed by atoms with E-state index in [0.29, 0.717) is 17.4 Å². The van der Waals surface area contributed by atoms with Crippen LogP contribution in [0, 0.1) is 17.3 Å². The normalized spacial score (nSPS) is 34.4. The van der Waals surface area contributed by atoms with Crippen LogP contribution in [0.4, 0.5) is 0 Å². The maximum atomic E-state index is 12.5. The molecule has 2 spiro atoms. The van der Waals surface area contributed by atoms with Crippen LogP contribution in [-0.2, 0) is 35.7 Å². The summed E-state index contributed by atoms with van der Waals surface area (Å²) < 4.78 is 23.5. The number of allylic oxidation sites excluding steroid dienone is 1. The molecular formula is C29H32O7. The molecule has 0 N–H and O–H groups in total. The minimum atomic E-state index is -0.596. The zero-order valence-corrected chi connectivity index (χ0v) is 21.4. The summed E-state index contributed by atoms with van der Waals surface area (Å²) in [6.45, 7) is 8.26. The van der Waals surface area contributed by atoms with Crippen molar-refractivity contribution < 1.29 is 33.3 Å². The van der Waals surface area contributed by atoms with Crippen LogP contribution < -0.4 is 9.47 Å². The van der Waals surface area contributed by atoms with Gasteiger partial charge in [-0.25, -0.2) is 4.79 Å². The Bertz CT molecular complexity index is 1250. The van der Waals surface area contributed by atoms with Gasteiger partial charge in [0.25, 0.3) is 0 Å². The largest absolute Gasteiger partial charge is 0.481 e. The number of ether oxygens (including phenoxy) is 4. The highest BCUT2D eigenvalue weighted by molar-refractivity contribution is 5.88. The van der Waals surface area contributed by atoms with Crippen molar-refractivity contribution in [3.05, 3.63) is 41.0 Å². The van der Waals surface area contributed by atoms with Gasteiger partial charge in [-0.3, -0.25) is 9.59 Å². The lowest BCUT2D eigenvalue weighted by molar-refractivity contribution is -0.152. The van der Waals surface area contributed by atoms with Crippen molar-refractivity contribution in [2.45, 2.75) is 83.5 Å². The maximum Gasteiger partial charge on any atom is 0.331 e. The highest BCUT2D eigenvalue weighted by Crippen LogP contribution is 2.78. The lowest BCUT2D eigenvalue weighted by Crippen LogP contribution is -2.59. The summed E-state index contributed by atoms with van der Waals surface area (Å²) in [5.74, 6) is 0.590. The fraction of sp³-hybridized carbons (Fsp3) is 0.552. The molecule has 0 amide bonds. The lowest BCUT2D eigenvalue weighted by atomic mass is 9.48. The van der Waals surface area contributed by atoms with Crippen molar-refractivity contribution in [2.24, 2.45) is 17.3 Å². The number of carbonyl (C=O) groups is 3. The van der Waals surface area contributed by atoms with Gasteiger partial charge in [0.2, 0.25) is 0 Å². The van der Waals surface area contributed by atoms with E-state index in [1.807, 2.05) is 26.8 Å². The first-order valence-corrected chi connectivity index (χ1v) is 12.8. The molecule has 7 heteroatoms. The predicted molar refractivity (Wildman–Crippen MR) is 130 cm³/mol. The van der Waals surface area contributed by atoms with Gasteiger partial charge in [0, 0.05) is 30.9 Å². The summed E-state index contributed by atoms with van der Waals surface area (Å²) in [6, 6.07) is 1.79. The molecule has 7 nitrogen and oxygen atoms in total. The molecule has 3 unspecified atom stereocenters. The van der Waals surface area contributed by atoms with Gasteiger partial charge >= 0.3 is 17.9 Å². The number of hydrogen-bond acceptors (Lipinski definition) is 7. The quantitative estimate of drug-likeness (QED) is 0.266. The van der Waals surface area contributed by atoms with Gasteiger partial charge in [0.15, 0.2) is 17.6 Å². The summed E-state index contributed by atoms with van der Waals surface area (Å²) in [7, 11) is 0. The maximum absolute atomic E-state index is 12.5. The summed E-state index contributed by atoms with van der Waals surface area (Å²) >= 11 is 0. The van der Waals surface area contributed by atoms with Gasteiger partial charge in [-0.15, -0.1) is 0 Å². The molecule has 4 aliphatic carbocycles. The highest BCUT2D eigenvalue weighted by atomic mass is 16.6. The van der Waals surface area contributed by atoms with E-state index >= 15 is 0 Å². The van der Waals surface area contributed by atoms with E-state index in [0.717, 1.165) is 42.4 Å². The molecule has 2 saturated carbocycles. The third-order valence-corrected chi connectivity index (χ3v) is 8.62. The molecule has 190 valence electrons. The average molecular weight is 493 g/mol. The monoisotopic (exact) mass is 492 g/mol. The van der Waals surface area contributed by atoms with Crippen molar-refractivity contribution in [1.82, 2.24) is 0 Å². The molecule has 1 aliphatic heterocycles. The number of benzene rings is 1. The Balaban J connectivity index is 1.53. The number of rotatable bonds is 4. The van der Waals surface area contributed by atoms with Crippen LogP contribution in [-0.4, -0.2) is 35.7 Å². The third kappa shape index (κ3) is 3.27. The van der Waals surface area contributed by atoms with Crippen molar-refractivity contribution >= 4 is 24.0 Å². The Hall–Kier alpha value is -3.09. The Morgan fingerprint density at radius 1 is 1.14 bits per heavy atom. The molecule has 1 aromatic carbocycles. The number of carbonyl (C=O) groups excluding carboxylic acids is 3. The zero-order chi connectivity index (χ0) is 25.6. The zero-order valence-electron chi connectivity index (χ0n) is 21.4. The molecule has 1 heterocycles. The molecular weight excluding hydrogens is 460 g/mol. The molecule has 5 aliphatic rings.